The maximum Gasteiger partial charge on any atom is 0.355 e. The van der Waals surface area contributed by atoms with Crippen LogP contribution in [0.4, 0.5) is 0 Å². The molecule has 0 saturated heterocycles. The highest BCUT2D eigenvalue weighted by Crippen LogP contribution is 2.30. The molecular formula is C23H30N2O5. The largest absolute Gasteiger partial charge is 0.467 e. The lowest BCUT2D eigenvalue weighted by molar-refractivity contribution is -0.138. The summed E-state index contributed by atoms with van der Waals surface area (Å²) in [7, 11) is 0. The average Bonchev–Trinajstić information content (AvgIpc) is 3.25. The maximum atomic E-state index is 13.3. The minimum absolute atomic E-state index is 0.0122. The van der Waals surface area contributed by atoms with Gasteiger partial charge in [-0.15, -0.1) is 0 Å². The van der Waals surface area contributed by atoms with E-state index in [1.54, 1.807) is 37.1 Å². The molecule has 0 bridgehead atoms. The Morgan fingerprint density at radius 2 is 1.97 bits per heavy atom. The first-order valence-electron chi connectivity index (χ1n) is 10.6. The molecule has 30 heavy (non-hydrogen) atoms. The Hall–Kier alpha value is -2.83. The number of furan rings is 1. The van der Waals surface area contributed by atoms with E-state index >= 15 is 0 Å². The van der Waals surface area contributed by atoms with Gasteiger partial charge in [0.1, 0.15) is 11.5 Å². The number of esters is 1. The third-order valence-electron chi connectivity index (χ3n) is 5.86. The van der Waals surface area contributed by atoms with Crippen LogP contribution >= 0.6 is 0 Å². The van der Waals surface area contributed by atoms with Crippen molar-refractivity contribution in [3.63, 3.8) is 0 Å². The molecule has 162 valence electrons. The number of hydrogen-bond donors (Lipinski definition) is 0. The van der Waals surface area contributed by atoms with Crippen LogP contribution in [0.2, 0.25) is 0 Å². The summed E-state index contributed by atoms with van der Waals surface area (Å²) in [6.07, 6.45) is 4.32. The predicted octanol–water partition coefficient (Wildman–Crippen LogP) is 3.91. The summed E-state index contributed by atoms with van der Waals surface area (Å²) in [6, 6.07) is 3.57. The van der Waals surface area contributed by atoms with Crippen LogP contribution in [0.15, 0.2) is 22.8 Å². The molecule has 7 nitrogen and oxygen atoms in total. The van der Waals surface area contributed by atoms with Gasteiger partial charge in [-0.1, -0.05) is 6.42 Å². The van der Waals surface area contributed by atoms with Crippen molar-refractivity contribution in [2.24, 2.45) is 5.92 Å². The highest BCUT2D eigenvalue weighted by molar-refractivity contribution is 6.04. The highest BCUT2D eigenvalue weighted by Gasteiger charge is 2.33. The minimum Gasteiger partial charge on any atom is -0.467 e. The van der Waals surface area contributed by atoms with Gasteiger partial charge in [0.05, 0.1) is 26.0 Å². The molecule has 1 aliphatic carbocycles. The second-order valence-corrected chi connectivity index (χ2v) is 7.72. The monoisotopic (exact) mass is 414 g/mol. The number of amides is 1. The number of ketones is 1. The maximum absolute atomic E-state index is 13.3. The van der Waals surface area contributed by atoms with Gasteiger partial charge >= 0.3 is 5.97 Å². The Labute approximate surface area is 177 Å². The number of carbonyl (C=O) groups excluding carboxylic acids is 3. The summed E-state index contributed by atoms with van der Waals surface area (Å²) in [5, 5.41) is 0. The van der Waals surface area contributed by atoms with Crippen LogP contribution in [-0.4, -0.2) is 40.3 Å². The molecule has 1 saturated carbocycles. The van der Waals surface area contributed by atoms with Crippen molar-refractivity contribution in [1.82, 2.24) is 9.47 Å². The first-order valence-corrected chi connectivity index (χ1v) is 10.6. The number of hydrogen-bond acceptors (Lipinski definition) is 5. The van der Waals surface area contributed by atoms with Gasteiger partial charge in [0.15, 0.2) is 5.78 Å². The molecule has 2 aromatic heterocycles. The van der Waals surface area contributed by atoms with Gasteiger partial charge in [-0.3, -0.25) is 9.59 Å². The van der Waals surface area contributed by atoms with E-state index in [4.69, 9.17) is 9.15 Å². The zero-order chi connectivity index (χ0) is 21.8. The number of aromatic nitrogens is 1. The minimum atomic E-state index is -0.433. The molecule has 0 aliphatic heterocycles. The molecule has 2 heterocycles. The Morgan fingerprint density at radius 3 is 2.50 bits per heavy atom. The molecule has 0 aromatic carbocycles. The molecule has 0 N–H and O–H groups in total. The van der Waals surface area contributed by atoms with Crippen LogP contribution < -0.4 is 0 Å². The number of nitrogens with zero attached hydrogens (tertiary/aromatic N) is 2. The molecule has 0 radical (unpaired) electrons. The first-order chi connectivity index (χ1) is 14.4. The van der Waals surface area contributed by atoms with Gasteiger partial charge < -0.3 is 18.6 Å². The molecule has 0 unspecified atom stereocenters. The smallest absolute Gasteiger partial charge is 0.355 e. The second kappa shape index (κ2) is 9.32. The molecular weight excluding hydrogens is 384 g/mol. The number of ether oxygens (including phenoxy) is 1. The lowest BCUT2D eigenvalue weighted by atomic mass is 9.84. The average molecular weight is 415 g/mol. The van der Waals surface area contributed by atoms with E-state index in [1.807, 2.05) is 18.4 Å². The van der Waals surface area contributed by atoms with E-state index in [-0.39, 0.29) is 37.3 Å². The molecule has 0 spiro atoms. The number of carbonyl (C=O) groups is 3. The highest BCUT2D eigenvalue weighted by atomic mass is 16.5. The second-order valence-electron chi connectivity index (χ2n) is 7.72. The Balaban J connectivity index is 1.89. The van der Waals surface area contributed by atoms with Crippen molar-refractivity contribution >= 4 is 17.7 Å². The number of rotatable bonds is 9. The van der Waals surface area contributed by atoms with Crippen LogP contribution in [0.25, 0.3) is 0 Å². The topological polar surface area (TPSA) is 81.8 Å². The summed E-state index contributed by atoms with van der Waals surface area (Å²) in [5.41, 5.74) is 2.22. The van der Waals surface area contributed by atoms with Crippen molar-refractivity contribution in [2.75, 3.05) is 13.2 Å². The Morgan fingerprint density at radius 1 is 1.23 bits per heavy atom. The summed E-state index contributed by atoms with van der Waals surface area (Å²) >= 11 is 0. The summed E-state index contributed by atoms with van der Waals surface area (Å²) in [4.78, 5) is 40.4. The Kier molecular flexibility index (Phi) is 6.80. The fraction of sp³-hybridized carbons (Fsp3) is 0.522. The van der Waals surface area contributed by atoms with Crippen molar-refractivity contribution in [3.8, 4) is 0 Å². The fourth-order valence-electron chi connectivity index (χ4n) is 4.13. The molecule has 3 rings (SSSR count). The van der Waals surface area contributed by atoms with Gasteiger partial charge in [-0.2, -0.15) is 0 Å². The first kappa shape index (κ1) is 21.9. The summed E-state index contributed by atoms with van der Waals surface area (Å²) in [6.45, 7) is 8.30. The molecule has 1 aliphatic rings. The van der Waals surface area contributed by atoms with Crippen LogP contribution in [0.3, 0.4) is 0 Å². The Bertz CT molecular complexity index is 922. The van der Waals surface area contributed by atoms with Gasteiger partial charge in [0.25, 0.3) is 0 Å². The zero-order valence-corrected chi connectivity index (χ0v) is 18.2. The van der Waals surface area contributed by atoms with Gasteiger partial charge in [0, 0.05) is 23.7 Å². The lowest BCUT2D eigenvalue weighted by Gasteiger charge is -2.31. The number of Topliss-reactive ketones (excluding diaryl/α,β-unsaturated/α-hetero) is 1. The van der Waals surface area contributed by atoms with Gasteiger partial charge in [-0.05, 0) is 58.2 Å². The lowest BCUT2D eigenvalue weighted by Crippen LogP contribution is -2.41. The van der Waals surface area contributed by atoms with Crippen molar-refractivity contribution < 1.29 is 23.5 Å². The van der Waals surface area contributed by atoms with E-state index in [1.165, 1.54) is 0 Å². The van der Waals surface area contributed by atoms with E-state index < -0.39 is 5.97 Å². The molecule has 1 amide bonds. The van der Waals surface area contributed by atoms with Crippen molar-refractivity contribution in [2.45, 2.75) is 60.0 Å². The van der Waals surface area contributed by atoms with Crippen LogP contribution in [-0.2, 0) is 22.6 Å². The quantitative estimate of drug-likeness (QED) is 0.459. The third-order valence-corrected chi connectivity index (χ3v) is 5.86. The van der Waals surface area contributed by atoms with Crippen LogP contribution in [0, 0.1) is 19.8 Å². The van der Waals surface area contributed by atoms with Gasteiger partial charge in [-0.25, -0.2) is 4.79 Å². The molecule has 7 heteroatoms. The summed E-state index contributed by atoms with van der Waals surface area (Å²) in [5.74, 6) is -0.00615. The molecule has 1 fully saturated rings. The van der Waals surface area contributed by atoms with Crippen molar-refractivity contribution in [3.05, 3.63) is 46.7 Å². The van der Waals surface area contributed by atoms with Crippen molar-refractivity contribution in [1.29, 1.82) is 0 Å². The van der Waals surface area contributed by atoms with Crippen LogP contribution in [0.5, 0.6) is 0 Å². The third kappa shape index (κ3) is 4.20. The van der Waals surface area contributed by atoms with Gasteiger partial charge in [0.2, 0.25) is 5.91 Å². The molecule has 0 atom stereocenters. The zero-order valence-electron chi connectivity index (χ0n) is 18.2. The van der Waals surface area contributed by atoms with E-state index in [9.17, 15) is 14.4 Å². The van der Waals surface area contributed by atoms with E-state index in [0.717, 1.165) is 25.0 Å². The van der Waals surface area contributed by atoms with E-state index in [2.05, 4.69) is 0 Å². The SMILES string of the molecule is CCOC(=O)c1c(C)c(C(=O)CN(Cc2ccco2)C(=O)C2CCC2)c(C)n1CC. The normalized spacial score (nSPS) is 13.7. The standard InChI is InChI=1S/C23H30N2O5/c1-5-25-16(4)20(15(3)21(25)23(28)29-6-2)19(26)14-24(13-18-11-8-12-30-18)22(27)17-9-7-10-17/h8,11-12,17H,5-7,9-10,13-14H2,1-4H3. The van der Waals surface area contributed by atoms with Crippen LogP contribution in [0.1, 0.15) is 71.0 Å². The predicted molar refractivity (Wildman–Crippen MR) is 111 cm³/mol. The van der Waals surface area contributed by atoms with E-state index in [0.29, 0.717) is 29.1 Å². The fourth-order valence-corrected chi connectivity index (χ4v) is 4.13. The summed E-state index contributed by atoms with van der Waals surface area (Å²) < 4.78 is 12.4. The molecule has 2 aromatic rings.